The monoisotopic (exact) mass is 268 g/mol. The summed E-state index contributed by atoms with van der Waals surface area (Å²) in [7, 11) is 0. The molecule has 0 unspecified atom stereocenters. The number of pyridine rings is 1. The number of aromatic nitrogens is 3. The van der Waals surface area contributed by atoms with Crippen LogP contribution in [0.5, 0.6) is 0 Å². The molecule has 0 aromatic carbocycles. The molecule has 2 aromatic rings. The molecule has 0 spiro atoms. The molecular formula is C11H13ClN4S. The van der Waals surface area contributed by atoms with Gasteiger partial charge in [0.1, 0.15) is 10.1 Å². The second kappa shape index (κ2) is 4.98. The SMILES string of the molecule is CCn1nc(C)c(N)c1Sc1ccc(Cl)cn1. The third-order valence-electron chi connectivity index (χ3n) is 2.33. The third-order valence-corrected chi connectivity index (χ3v) is 3.62. The second-order valence-electron chi connectivity index (χ2n) is 3.54. The van der Waals surface area contributed by atoms with Gasteiger partial charge >= 0.3 is 0 Å². The summed E-state index contributed by atoms with van der Waals surface area (Å²) in [6, 6.07) is 3.68. The number of rotatable bonds is 3. The molecule has 0 fully saturated rings. The van der Waals surface area contributed by atoms with E-state index in [0.717, 1.165) is 22.3 Å². The predicted octanol–water partition coefficient (Wildman–Crippen LogP) is 2.99. The van der Waals surface area contributed by atoms with Crippen LogP contribution in [0, 0.1) is 6.92 Å². The summed E-state index contributed by atoms with van der Waals surface area (Å²) >= 11 is 7.30. The molecule has 90 valence electrons. The van der Waals surface area contributed by atoms with Crippen LogP contribution in [0.4, 0.5) is 5.69 Å². The topological polar surface area (TPSA) is 56.7 Å². The molecule has 0 saturated carbocycles. The number of nitrogens with zero attached hydrogens (tertiary/aromatic N) is 3. The minimum atomic E-state index is 0.627. The van der Waals surface area contributed by atoms with Gasteiger partial charge in [0.2, 0.25) is 0 Å². The van der Waals surface area contributed by atoms with Crippen LogP contribution in [0.25, 0.3) is 0 Å². The highest BCUT2D eigenvalue weighted by Gasteiger charge is 2.13. The molecule has 2 rings (SSSR count). The Balaban J connectivity index is 2.32. The maximum Gasteiger partial charge on any atom is 0.123 e. The van der Waals surface area contributed by atoms with Crippen molar-refractivity contribution < 1.29 is 0 Å². The minimum Gasteiger partial charge on any atom is -0.395 e. The van der Waals surface area contributed by atoms with Gasteiger partial charge in [0.25, 0.3) is 0 Å². The largest absolute Gasteiger partial charge is 0.395 e. The fraction of sp³-hybridized carbons (Fsp3) is 0.273. The third kappa shape index (κ3) is 2.56. The van der Waals surface area contributed by atoms with Crippen molar-refractivity contribution in [1.82, 2.24) is 14.8 Å². The van der Waals surface area contributed by atoms with Crippen LogP contribution in [0.15, 0.2) is 28.4 Å². The summed E-state index contributed by atoms with van der Waals surface area (Å²) in [6.45, 7) is 4.72. The Bertz CT molecular complexity index is 521. The Hall–Kier alpha value is -1.20. The van der Waals surface area contributed by atoms with E-state index in [0.29, 0.717) is 10.7 Å². The van der Waals surface area contributed by atoms with E-state index in [2.05, 4.69) is 10.1 Å². The smallest absolute Gasteiger partial charge is 0.123 e. The fourth-order valence-electron chi connectivity index (χ4n) is 1.42. The lowest BCUT2D eigenvalue weighted by Crippen LogP contribution is -1.99. The van der Waals surface area contributed by atoms with Crippen LogP contribution in [-0.2, 0) is 6.54 Å². The van der Waals surface area contributed by atoms with Crippen molar-refractivity contribution in [3.8, 4) is 0 Å². The first-order valence-corrected chi connectivity index (χ1v) is 6.43. The van der Waals surface area contributed by atoms with Crippen molar-refractivity contribution in [2.24, 2.45) is 0 Å². The van der Waals surface area contributed by atoms with Gasteiger partial charge in [-0.1, -0.05) is 11.6 Å². The van der Waals surface area contributed by atoms with Gasteiger partial charge in [-0.05, 0) is 37.7 Å². The van der Waals surface area contributed by atoms with Crippen molar-refractivity contribution in [3.63, 3.8) is 0 Å². The molecule has 2 heterocycles. The number of hydrogen-bond donors (Lipinski definition) is 1. The molecule has 2 N–H and O–H groups in total. The second-order valence-corrected chi connectivity index (χ2v) is 4.98. The zero-order chi connectivity index (χ0) is 12.4. The van der Waals surface area contributed by atoms with E-state index in [1.54, 1.807) is 6.20 Å². The normalized spacial score (nSPS) is 10.8. The summed E-state index contributed by atoms with van der Waals surface area (Å²) in [5.74, 6) is 0. The van der Waals surface area contributed by atoms with Gasteiger partial charge < -0.3 is 5.73 Å². The van der Waals surface area contributed by atoms with E-state index in [9.17, 15) is 0 Å². The molecule has 0 aliphatic heterocycles. The maximum absolute atomic E-state index is 6.00. The van der Waals surface area contributed by atoms with Crippen LogP contribution >= 0.6 is 23.4 Å². The number of nitrogens with two attached hydrogens (primary N) is 1. The Morgan fingerprint density at radius 3 is 2.82 bits per heavy atom. The molecule has 0 aliphatic rings. The Morgan fingerprint density at radius 2 is 2.24 bits per heavy atom. The molecule has 0 saturated heterocycles. The molecule has 0 atom stereocenters. The van der Waals surface area contributed by atoms with Crippen LogP contribution in [0.3, 0.4) is 0 Å². The highest BCUT2D eigenvalue weighted by Crippen LogP contribution is 2.32. The molecule has 0 bridgehead atoms. The minimum absolute atomic E-state index is 0.627. The average molecular weight is 269 g/mol. The van der Waals surface area contributed by atoms with Crippen LogP contribution < -0.4 is 5.73 Å². The molecular weight excluding hydrogens is 256 g/mol. The Morgan fingerprint density at radius 1 is 1.47 bits per heavy atom. The van der Waals surface area contributed by atoms with E-state index in [-0.39, 0.29) is 0 Å². The lowest BCUT2D eigenvalue weighted by atomic mass is 10.4. The molecule has 4 nitrogen and oxygen atoms in total. The predicted molar refractivity (Wildman–Crippen MR) is 70.4 cm³/mol. The summed E-state index contributed by atoms with van der Waals surface area (Å²) < 4.78 is 1.88. The lowest BCUT2D eigenvalue weighted by molar-refractivity contribution is 0.602. The summed E-state index contributed by atoms with van der Waals surface area (Å²) in [5.41, 5.74) is 7.57. The van der Waals surface area contributed by atoms with Gasteiger partial charge in [0, 0.05) is 12.7 Å². The molecule has 17 heavy (non-hydrogen) atoms. The number of halogens is 1. The van der Waals surface area contributed by atoms with Gasteiger partial charge in [-0.25, -0.2) is 4.98 Å². The summed E-state index contributed by atoms with van der Waals surface area (Å²) in [4.78, 5) is 4.23. The van der Waals surface area contributed by atoms with Crippen molar-refractivity contribution >= 4 is 29.1 Å². The number of hydrogen-bond acceptors (Lipinski definition) is 4. The number of aryl methyl sites for hydroxylation is 2. The lowest BCUT2D eigenvalue weighted by Gasteiger charge is -2.04. The Kier molecular flexibility index (Phi) is 3.59. The van der Waals surface area contributed by atoms with Gasteiger partial charge in [-0.2, -0.15) is 5.10 Å². The Labute approximate surface area is 109 Å². The van der Waals surface area contributed by atoms with E-state index in [4.69, 9.17) is 17.3 Å². The zero-order valence-electron chi connectivity index (χ0n) is 9.64. The van der Waals surface area contributed by atoms with E-state index < -0.39 is 0 Å². The van der Waals surface area contributed by atoms with Gasteiger partial charge in [0.05, 0.1) is 16.4 Å². The van der Waals surface area contributed by atoms with Crippen molar-refractivity contribution in [1.29, 1.82) is 0 Å². The molecule has 6 heteroatoms. The fourth-order valence-corrected chi connectivity index (χ4v) is 2.50. The highest BCUT2D eigenvalue weighted by molar-refractivity contribution is 7.99. The van der Waals surface area contributed by atoms with Gasteiger partial charge in [-0.3, -0.25) is 4.68 Å². The van der Waals surface area contributed by atoms with E-state index in [1.165, 1.54) is 11.8 Å². The summed E-state index contributed by atoms with van der Waals surface area (Å²) in [5, 5.41) is 6.77. The highest BCUT2D eigenvalue weighted by atomic mass is 35.5. The van der Waals surface area contributed by atoms with E-state index >= 15 is 0 Å². The van der Waals surface area contributed by atoms with Crippen molar-refractivity contribution in [2.75, 3.05) is 5.73 Å². The van der Waals surface area contributed by atoms with Crippen LogP contribution in [-0.4, -0.2) is 14.8 Å². The molecule has 0 aliphatic carbocycles. The van der Waals surface area contributed by atoms with Gasteiger partial charge in [0.15, 0.2) is 0 Å². The first-order valence-electron chi connectivity index (χ1n) is 5.24. The zero-order valence-corrected chi connectivity index (χ0v) is 11.2. The van der Waals surface area contributed by atoms with Crippen molar-refractivity contribution in [2.45, 2.75) is 30.4 Å². The standard InChI is InChI=1S/C11H13ClN4S/c1-3-16-11(10(13)7(2)15-16)17-9-5-4-8(12)6-14-9/h4-6H,3,13H2,1-2H3. The average Bonchev–Trinajstić information content (AvgIpc) is 2.59. The van der Waals surface area contributed by atoms with Crippen LogP contribution in [0.1, 0.15) is 12.6 Å². The van der Waals surface area contributed by atoms with E-state index in [1.807, 2.05) is 30.7 Å². The maximum atomic E-state index is 6.00. The first kappa shape index (κ1) is 12.3. The first-order chi connectivity index (χ1) is 8.11. The quantitative estimate of drug-likeness (QED) is 0.930. The van der Waals surface area contributed by atoms with Gasteiger partial charge in [-0.15, -0.1) is 0 Å². The number of nitrogen functional groups attached to an aromatic ring is 1. The number of anilines is 1. The summed E-state index contributed by atoms with van der Waals surface area (Å²) in [6.07, 6.45) is 1.62. The molecule has 0 radical (unpaired) electrons. The van der Waals surface area contributed by atoms with Crippen LogP contribution in [0.2, 0.25) is 5.02 Å². The van der Waals surface area contributed by atoms with Crippen molar-refractivity contribution in [3.05, 3.63) is 29.0 Å². The molecule has 2 aromatic heterocycles. The molecule has 0 amide bonds.